The largest absolute Gasteiger partial charge is 0.456 e. The molecule has 0 aliphatic rings. The zero-order valence-electron chi connectivity index (χ0n) is 29.8. The molecule has 0 aliphatic heterocycles. The fraction of sp³-hybridized carbons (Fsp3) is 0. The van der Waals surface area contributed by atoms with Gasteiger partial charge in [-0.1, -0.05) is 146 Å². The maximum atomic E-state index is 6.64. The van der Waals surface area contributed by atoms with Crippen molar-refractivity contribution < 1.29 is 8.83 Å². The van der Waals surface area contributed by atoms with Crippen molar-refractivity contribution in [3.63, 3.8) is 0 Å². The van der Waals surface area contributed by atoms with Crippen LogP contribution in [0.4, 0.5) is 17.1 Å². The van der Waals surface area contributed by atoms with Crippen LogP contribution >= 0.6 is 0 Å². The Morgan fingerprint density at radius 3 is 1.75 bits per heavy atom. The van der Waals surface area contributed by atoms with Crippen molar-refractivity contribution in [1.82, 2.24) is 0 Å². The lowest BCUT2D eigenvalue weighted by Crippen LogP contribution is -2.11. The van der Waals surface area contributed by atoms with E-state index in [-0.39, 0.29) is 0 Å². The summed E-state index contributed by atoms with van der Waals surface area (Å²) in [5.74, 6) is 0. The molecular formula is C52H33NO2. The lowest BCUT2D eigenvalue weighted by atomic mass is 9.96. The second-order valence-electron chi connectivity index (χ2n) is 14.1. The van der Waals surface area contributed by atoms with Gasteiger partial charge in [0, 0.05) is 43.9 Å². The molecule has 11 rings (SSSR count). The van der Waals surface area contributed by atoms with Crippen molar-refractivity contribution in [2.45, 2.75) is 0 Å². The van der Waals surface area contributed by atoms with E-state index >= 15 is 0 Å². The number of rotatable bonds is 6. The first-order valence-electron chi connectivity index (χ1n) is 18.7. The summed E-state index contributed by atoms with van der Waals surface area (Å²) < 4.78 is 12.9. The molecule has 0 saturated carbocycles. The first-order valence-corrected chi connectivity index (χ1v) is 18.7. The molecule has 3 heteroatoms. The summed E-state index contributed by atoms with van der Waals surface area (Å²) in [7, 11) is 0. The predicted molar refractivity (Wildman–Crippen MR) is 229 cm³/mol. The molecule has 9 aromatic carbocycles. The Morgan fingerprint density at radius 1 is 0.327 bits per heavy atom. The minimum Gasteiger partial charge on any atom is -0.456 e. The molecule has 0 unspecified atom stereocenters. The summed E-state index contributed by atoms with van der Waals surface area (Å²) >= 11 is 0. The standard InChI is InChI=1S/C52H33NO2/c1-2-11-34(12-3-1)35-21-23-36(24-22-35)37-25-28-39(29-26-37)53(40-30-32-49-46(33-40)43-16-7-9-19-48(43)54-49)47-18-8-6-15-42(47)44-17-10-20-50-51(44)45-31-27-38-13-4-5-14-41(38)52(45)55-50/h1-33H. The molecule has 0 saturated heterocycles. The van der Waals surface area contributed by atoms with E-state index in [4.69, 9.17) is 8.83 Å². The smallest absolute Gasteiger partial charge is 0.143 e. The fourth-order valence-corrected chi connectivity index (χ4v) is 8.24. The highest BCUT2D eigenvalue weighted by Crippen LogP contribution is 2.46. The van der Waals surface area contributed by atoms with Gasteiger partial charge in [0.05, 0.1) is 5.69 Å². The summed E-state index contributed by atoms with van der Waals surface area (Å²) in [6, 6.07) is 71.0. The highest BCUT2D eigenvalue weighted by atomic mass is 16.3. The molecule has 2 heterocycles. The van der Waals surface area contributed by atoms with Gasteiger partial charge in [-0.15, -0.1) is 0 Å². The fourth-order valence-electron chi connectivity index (χ4n) is 8.24. The molecule has 0 bridgehead atoms. The monoisotopic (exact) mass is 703 g/mol. The van der Waals surface area contributed by atoms with Crippen LogP contribution < -0.4 is 4.90 Å². The Bertz CT molecular complexity index is 3190. The third-order valence-corrected chi connectivity index (χ3v) is 10.9. The molecular weight excluding hydrogens is 671 g/mol. The van der Waals surface area contributed by atoms with Gasteiger partial charge in [-0.3, -0.25) is 0 Å². The van der Waals surface area contributed by atoms with Gasteiger partial charge >= 0.3 is 0 Å². The maximum absolute atomic E-state index is 6.64. The summed E-state index contributed by atoms with van der Waals surface area (Å²) in [5, 5.41) is 6.69. The molecule has 0 N–H and O–H groups in total. The molecule has 0 spiro atoms. The van der Waals surface area contributed by atoms with Crippen LogP contribution in [0.2, 0.25) is 0 Å². The van der Waals surface area contributed by atoms with Crippen molar-refractivity contribution in [3.05, 3.63) is 200 Å². The van der Waals surface area contributed by atoms with E-state index in [0.717, 1.165) is 83.0 Å². The number of anilines is 3. The SMILES string of the molecule is c1ccc(-c2ccc(-c3ccc(N(c4ccc5oc6ccccc6c5c4)c4ccccc4-c4cccc5oc6c7ccccc7ccc6c45)cc3)cc2)cc1. The summed E-state index contributed by atoms with van der Waals surface area (Å²) in [5.41, 5.74) is 13.7. The van der Waals surface area contributed by atoms with Crippen LogP contribution in [0.1, 0.15) is 0 Å². The first kappa shape index (κ1) is 31.2. The predicted octanol–water partition coefficient (Wildman–Crippen LogP) is 15.1. The van der Waals surface area contributed by atoms with Gasteiger partial charge in [-0.2, -0.15) is 0 Å². The molecule has 258 valence electrons. The summed E-state index contributed by atoms with van der Waals surface area (Å²) in [4.78, 5) is 2.37. The number of benzene rings is 9. The van der Waals surface area contributed by atoms with E-state index in [0.29, 0.717) is 0 Å². The number of fused-ring (bicyclic) bond motifs is 8. The Labute approximate surface area is 317 Å². The molecule has 0 radical (unpaired) electrons. The van der Waals surface area contributed by atoms with Crippen LogP contribution in [0.15, 0.2) is 209 Å². The van der Waals surface area contributed by atoms with Crippen molar-refractivity contribution in [3.8, 4) is 33.4 Å². The molecule has 0 aliphatic carbocycles. The molecule has 0 amide bonds. The first-order chi connectivity index (χ1) is 27.3. The maximum Gasteiger partial charge on any atom is 0.143 e. The van der Waals surface area contributed by atoms with Gasteiger partial charge in [-0.05, 0) is 87.8 Å². The van der Waals surface area contributed by atoms with E-state index in [1.165, 1.54) is 22.1 Å². The van der Waals surface area contributed by atoms with Crippen molar-refractivity contribution in [2.75, 3.05) is 4.90 Å². The minimum absolute atomic E-state index is 0.870. The Hall–Kier alpha value is -7.36. The highest BCUT2D eigenvalue weighted by Gasteiger charge is 2.22. The average Bonchev–Trinajstić information content (AvgIpc) is 3.83. The molecule has 55 heavy (non-hydrogen) atoms. The minimum atomic E-state index is 0.870. The van der Waals surface area contributed by atoms with Gasteiger partial charge in [0.25, 0.3) is 0 Å². The van der Waals surface area contributed by atoms with Crippen LogP contribution in [0.3, 0.4) is 0 Å². The number of hydrogen-bond acceptors (Lipinski definition) is 3. The lowest BCUT2D eigenvalue weighted by Gasteiger charge is -2.28. The summed E-state index contributed by atoms with van der Waals surface area (Å²) in [6.07, 6.45) is 0. The van der Waals surface area contributed by atoms with Crippen LogP contribution in [0, 0.1) is 0 Å². The molecule has 2 aromatic heterocycles. The average molecular weight is 704 g/mol. The molecule has 11 aromatic rings. The van der Waals surface area contributed by atoms with Gasteiger partial charge in [0.1, 0.15) is 22.3 Å². The van der Waals surface area contributed by atoms with Gasteiger partial charge in [0.15, 0.2) is 0 Å². The zero-order valence-corrected chi connectivity index (χ0v) is 29.8. The van der Waals surface area contributed by atoms with E-state index in [2.05, 4.69) is 193 Å². The summed E-state index contributed by atoms with van der Waals surface area (Å²) in [6.45, 7) is 0. The van der Waals surface area contributed by atoms with Crippen molar-refractivity contribution in [1.29, 1.82) is 0 Å². The zero-order chi connectivity index (χ0) is 36.3. The van der Waals surface area contributed by atoms with E-state index < -0.39 is 0 Å². The van der Waals surface area contributed by atoms with E-state index in [9.17, 15) is 0 Å². The van der Waals surface area contributed by atoms with Crippen LogP contribution in [-0.2, 0) is 0 Å². The Morgan fingerprint density at radius 2 is 0.927 bits per heavy atom. The van der Waals surface area contributed by atoms with Crippen molar-refractivity contribution >= 4 is 71.7 Å². The second kappa shape index (κ2) is 12.6. The lowest BCUT2D eigenvalue weighted by molar-refractivity contribution is 0.669. The highest BCUT2D eigenvalue weighted by molar-refractivity contribution is 6.20. The Balaban J connectivity index is 1.09. The number of furan rings is 2. The Kier molecular flexibility index (Phi) is 7.17. The van der Waals surface area contributed by atoms with Crippen LogP contribution in [0.25, 0.3) is 88.0 Å². The van der Waals surface area contributed by atoms with E-state index in [1.807, 2.05) is 12.1 Å². The second-order valence-corrected chi connectivity index (χ2v) is 14.1. The van der Waals surface area contributed by atoms with Crippen LogP contribution in [0.5, 0.6) is 0 Å². The van der Waals surface area contributed by atoms with Crippen LogP contribution in [-0.4, -0.2) is 0 Å². The number of nitrogens with zero attached hydrogens (tertiary/aromatic N) is 1. The van der Waals surface area contributed by atoms with Gasteiger partial charge < -0.3 is 13.7 Å². The quantitative estimate of drug-likeness (QED) is 0.173. The van der Waals surface area contributed by atoms with Crippen molar-refractivity contribution in [2.24, 2.45) is 0 Å². The van der Waals surface area contributed by atoms with Gasteiger partial charge in [0.2, 0.25) is 0 Å². The molecule has 0 fully saturated rings. The molecule has 3 nitrogen and oxygen atoms in total. The third-order valence-electron chi connectivity index (χ3n) is 10.9. The molecule has 0 atom stereocenters. The van der Waals surface area contributed by atoms with Gasteiger partial charge in [-0.25, -0.2) is 0 Å². The third kappa shape index (κ3) is 5.20. The topological polar surface area (TPSA) is 29.5 Å². The number of para-hydroxylation sites is 2. The number of hydrogen-bond donors (Lipinski definition) is 0. The van der Waals surface area contributed by atoms with E-state index in [1.54, 1.807) is 0 Å². The normalized spacial score (nSPS) is 11.6.